The minimum absolute atomic E-state index is 0.342. The standard InChI is InChI=1S/C14H16N2O2/c1-2-18-14(17)12-7-10-9-5-3-4-6-11(9)16-13(10)8-15-12/h7-8,16H,2-6H2,1H3. The Kier molecular flexibility index (Phi) is 2.78. The second kappa shape index (κ2) is 4.44. The lowest BCUT2D eigenvalue weighted by molar-refractivity contribution is 0.0520. The molecule has 0 bridgehead atoms. The number of aromatic amines is 1. The zero-order valence-electron chi connectivity index (χ0n) is 10.5. The van der Waals surface area contributed by atoms with E-state index < -0.39 is 0 Å². The number of fused-ring (bicyclic) bond motifs is 3. The van der Waals surface area contributed by atoms with Crippen LogP contribution in [0.3, 0.4) is 0 Å². The molecule has 0 aromatic carbocycles. The molecule has 4 heteroatoms. The Morgan fingerprint density at radius 3 is 3.11 bits per heavy atom. The molecule has 0 spiro atoms. The fraction of sp³-hybridized carbons (Fsp3) is 0.429. The normalized spacial score (nSPS) is 14.5. The number of ether oxygens (including phenoxy) is 1. The summed E-state index contributed by atoms with van der Waals surface area (Å²) in [5, 5.41) is 1.13. The maximum absolute atomic E-state index is 11.7. The van der Waals surface area contributed by atoms with Gasteiger partial charge in [-0.05, 0) is 44.2 Å². The number of carbonyl (C=O) groups excluding carboxylic acids is 1. The van der Waals surface area contributed by atoms with Gasteiger partial charge in [-0.1, -0.05) is 0 Å². The van der Waals surface area contributed by atoms with Crippen LogP contribution >= 0.6 is 0 Å². The van der Waals surface area contributed by atoms with E-state index in [0.29, 0.717) is 12.3 Å². The molecular weight excluding hydrogens is 228 g/mol. The molecule has 2 heterocycles. The van der Waals surface area contributed by atoms with Crippen LogP contribution < -0.4 is 0 Å². The molecular formula is C14H16N2O2. The molecule has 0 fully saturated rings. The molecule has 0 atom stereocenters. The third-order valence-corrected chi connectivity index (χ3v) is 3.47. The number of aromatic nitrogens is 2. The predicted octanol–water partition coefficient (Wildman–Crippen LogP) is 2.62. The van der Waals surface area contributed by atoms with E-state index in [1.807, 2.05) is 6.07 Å². The fourth-order valence-electron chi connectivity index (χ4n) is 2.62. The molecule has 0 radical (unpaired) electrons. The first-order chi connectivity index (χ1) is 8.79. The first-order valence-corrected chi connectivity index (χ1v) is 6.46. The van der Waals surface area contributed by atoms with Crippen molar-refractivity contribution in [3.8, 4) is 0 Å². The van der Waals surface area contributed by atoms with Crippen LogP contribution in [0.15, 0.2) is 12.3 Å². The Hall–Kier alpha value is -1.84. The van der Waals surface area contributed by atoms with Gasteiger partial charge >= 0.3 is 5.97 Å². The first kappa shape index (κ1) is 11.3. The Morgan fingerprint density at radius 2 is 2.28 bits per heavy atom. The summed E-state index contributed by atoms with van der Waals surface area (Å²) in [6, 6.07) is 1.86. The van der Waals surface area contributed by atoms with Crippen molar-refractivity contribution in [1.29, 1.82) is 0 Å². The molecule has 0 amide bonds. The van der Waals surface area contributed by atoms with Gasteiger partial charge in [0.15, 0.2) is 0 Å². The Morgan fingerprint density at radius 1 is 1.44 bits per heavy atom. The molecule has 1 aliphatic carbocycles. The minimum Gasteiger partial charge on any atom is -0.461 e. The number of hydrogen-bond donors (Lipinski definition) is 1. The van der Waals surface area contributed by atoms with Crippen molar-refractivity contribution in [3.63, 3.8) is 0 Å². The van der Waals surface area contributed by atoms with Crippen molar-refractivity contribution < 1.29 is 9.53 Å². The van der Waals surface area contributed by atoms with Crippen LogP contribution in [0.4, 0.5) is 0 Å². The van der Waals surface area contributed by atoms with Crippen molar-refractivity contribution in [3.05, 3.63) is 29.2 Å². The molecule has 0 aliphatic heterocycles. The van der Waals surface area contributed by atoms with Gasteiger partial charge in [0, 0.05) is 11.1 Å². The number of carbonyl (C=O) groups is 1. The molecule has 0 unspecified atom stereocenters. The number of nitrogens with one attached hydrogen (secondary N) is 1. The minimum atomic E-state index is -0.342. The van der Waals surface area contributed by atoms with E-state index >= 15 is 0 Å². The van der Waals surface area contributed by atoms with Gasteiger partial charge in [-0.15, -0.1) is 0 Å². The highest BCUT2D eigenvalue weighted by molar-refractivity contribution is 5.93. The van der Waals surface area contributed by atoms with Crippen LogP contribution in [0.2, 0.25) is 0 Å². The number of pyridine rings is 1. The molecule has 1 aliphatic rings. The van der Waals surface area contributed by atoms with Gasteiger partial charge in [0.05, 0.1) is 18.3 Å². The molecule has 1 N–H and O–H groups in total. The monoisotopic (exact) mass is 244 g/mol. The summed E-state index contributed by atoms with van der Waals surface area (Å²) in [5.74, 6) is -0.342. The van der Waals surface area contributed by atoms with Gasteiger partial charge in [-0.25, -0.2) is 9.78 Å². The highest BCUT2D eigenvalue weighted by Crippen LogP contribution is 2.29. The smallest absolute Gasteiger partial charge is 0.356 e. The zero-order valence-corrected chi connectivity index (χ0v) is 10.5. The predicted molar refractivity (Wildman–Crippen MR) is 68.7 cm³/mol. The van der Waals surface area contributed by atoms with Gasteiger partial charge in [0.25, 0.3) is 0 Å². The summed E-state index contributed by atoms with van der Waals surface area (Å²) in [6.45, 7) is 2.18. The van der Waals surface area contributed by atoms with Crippen LogP contribution in [0.1, 0.15) is 41.5 Å². The van der Waals surface area contributed by atoms with Gasteiger partial charge in [0.2, 0.25) is 0 Å². The van der Waals surface area contributed by atoms with Crippen LogP contribution in [0, 0.1) is 0 Å². The maximum Gasteiger partial charge on any atom is 0.356 e. The summed E-state index contributed by atoms with van der Waals surface area (Å²) >= 11 is 0. The van der Waals surface area contributed by atoms with Crippen LogP contribution in [-0.2, 0) is 17.6 Å². The van der Waals surface area contributed by atoms with Gasteiger partial charge in [-0.3, -0.25) is 0 Å². The molecule has 3 rings (SSSR count). The van der Waals surface area contributed by atoms with Gasteiger partial charge in [0.1, 0.15) is 5.69 Å². The van der Waals surface area contributed by atoms with Crippen LogP contribution in [-0.4, -0.2) is 22.5 Å². The van der Waals surface area contributed by atoms with E-state index in [0.717, 1.165) is 23.7 Å². The lowest BCUT2D eigenvalue weighted by atomic mass is 9.96. The molecule has 2 aromatic rings. The van der Waals surface area contributed by atoms with Crippen LogP contribution in [0.25, 0.3) is 10.9 Å². The third-order valence-electron chi connectivity index (χ3n) is 3.47. The van der Waals surface area contributed by atoms with Crippen molar-refractivity contribution in [2.24, 2.45) is 0 Å². The second-order valence-electron chi connectivity index (χ2n) is 4.62. The van der Waals surface area contributed by atoms with Crippen molar-refractivity contribution in [1.82, 2.24) is 9.97 Å². The van der Waals surface area contributed by atoms with E-state index in [-0.39, 0.29) is 5.97 Å². The Bertz CT molecular complexity index is 601. The SMILES string of the molecule is CCOC(=O)c1cc2c3c([nH]c2cn1)CCCC3. The molecule has 18 heavy (non-hydrogen) atoms. The van der Waals surface area contributed by atoms with Gasteiger partial charge in [-0.2, -0.15) is 0 Å². The number of hydrogen-bond acceptors (Lipinski definition) is 3. The first-order valence-electron chi connectivity index (χ1n) is 6.46. The summed E-state index contributed by atoms with van der Waals surface area (Å²) in [7, 11) is 0. The van der Waals surface area contributed by atoms with E-state index in [1.165, 1.54) is 24.1 Å². The topological polar surface area (TPSA) is 55.0 Å². The quantitative estimate of drug-likeness (QED) is 0.826. The molecule has 2 aromatic heterocycles. The largest absolute Gasteiger partial charge is 0.461 e. The van der Waals surface area contributed by atoms with E-state index in [4.69, 9.17) is 4.74 Å². The summed E-state index contributed by atoms with van der Waals surface area (Å²) in [6.07, 6.45) is 6.37. The number of aryl methyl sites for hydroxylation is 2. The van der Waals surface area contributed by atoms with Crippen molar-refractivity contribution in [2.45, 2.75) is 32.6 Å². The van der Waals surface area contributed by atoms with E-state index in [1.54, 1.807) is 13.1 Å². The number of esters is 1. The third kappa shape index (κ3) is 1.78. The molecule has 0 saturated heterocycles. The average Bonchev–Trinajstić information content (AvgIpc) is 2.76. The molecule has 0 saturated carbocycles. The lowest BCUT2D eigenvalue weighted by Crippen LogP contribution is -2.06. The number of H-pyrrole nitrogens is 1. The van der Waals surface area contributed by atoms with E-state index in [2.05, 4.69) is 9.97 Å². The highest BCUT2D eigenvalue weighted by Gasteiger charge is 2.17. The van der Waals surface area contributed by atoms with Crippen LogP contribution in [0.5, 0.6) is 0 Å². The second-order valence-corrected chi connectivity index (χ2v) is 4.62. The highest BCUT2D eigenvalue weighted by atomic mass is 16.5. The summed E-state index contributed by atoms with van der Waals surface area (Å²) in [4.78, 5) is 19.2. The molecule has 4 nitrogen and oxygen atoms in total. The van der Waals surface area contributed by atoms with Crippen molar-refractivity contribution >= 4 is 16.9 Å². The van der Waals surface area contributed by atoms with Crippen molar-refractivity contribution in [2.75, 3.05) is 6.61 Å². The average molecular weight is 244 g/mol. The summed E-state index contributed by atoms with van der Waals surface area (Å²) in [5.41, 5.74) is 4.08. The summed E-state index contributed by atoms with van der Waals surface area (Å²) < 4.78 is 4.99. The van der Waals surface area contributed by atoms with Gasteiger partial charge < -0.3 is 9.72 Å². The zero-order chi connectivity index (χ0) is 12.5. The molecule has 94 valence electrons. The fourth-order valence-corrected chi connectivity index (χ4v) is 2.62. The Labute approximate surface area is 105 Å². The number of nitrogens with zero attached hydrogens (tertiary/aromatic N) is 1. The lowest BCUT2D eigenvalue weighted by Gasteiger charge is -2.10. The maximum atomic E-state index is 11.7. The van der Waals surface area contributed by atoms with E-state index in [9.17, 15) is 4.79 Å². The Balaban J connectivity index is 2.08. The number of rotatable bonds is 2.